The van der Waals surface area contributed by atoms with Crippen LogP contribution in [0.5, 0.6) is 5.75 Å². The Morgan fingerprint density at radius 1 is 1.47 bits per heavy atom. The fourth-order valence-electron chi connectivity index (χ4n) is 1.54. The summed E-state index contributed by atoms with van der Waals surface area (Å²) in [6.45, 7) is 3.62. The van der Waals surface area contributed by atoms with E-state index in [2.05, 4.69) is 0 Å². The molecule has 0 bridgehead atoms. The number of hydrogen-bond donors (Lipinski definition) is 2. The van der Waals surface area contributed by atoms with Gasteiger partial charge in [0.1, 0.15) is 11.6 Å². The molecule has 1 rings (SSSR count). The van der Waals surface area contributed by atoms with Crippen molar-refractivity contribution < 1.29 is 24.1 Å². The standard InChI is InChI=1S/C12H15FO4/c1-3-12(16,11(14)15)9-6-5-8(17-4-2)7-10(9)13/h5-7,16H,3-4H2,1-2H3,(H,14,15). The van der Waals surface area contributed by atoms with E-state index >= 15 is 0 Å². The third-order valence-corrected chi connectivity index (χ3v) is 2.56. The third-order valence-electron chi connectivity index (χ3n) is 2.56. The van der Waals surface area contributed by atoms with Gasteiger partial charge in [-0.3, -0.25) is 0 Å². The van der Waals surface area contributed by atoms with Crippen LogP contribution in [0.25, 0.3) is 0 Å². The normalized spacial score (nSPS) is 14.1. The van der Waals surface area contributed by atoms with Gasteiger partial charge < -0.3 is 14.9 Å². The number of aliphatic carboxylic acids is 1. The minimum atomic E-state index is -2.20. The van der Waals surface area contributed by atoms with Crippen LogP contribution in [0.4, 0.5) is 4.39 Å². The lowest BCUT2D eigenvalue weighted by atomic mass is 9.91. The Hall–Kier alpha value is -1.62. The molecule has 4 nitrogen and oxygen atoms in total. The maximum atomic E-state index is 13.7. The molecule has 0 saturated carbocycles. The Kier molecular flexibility index (Phi) is 4.07. The summed E-state index contributed by atoms with van der Waals surface area (Å²) < 4.78 is 18.8. The first-order chi connectivity index (χ1) is 7.95. The molecule has 0 aliphatic heterocycles. The molecule has 0 aliphatic rings. The van der Waals surface area contributed by atoms with E-state index in [4.69, 9.17) is 9.84 Å². The number of halogens is 1. The van der Waals surface area contributed by atoms with E-state index in [1.54, 1.807) is 6.92 Å². The molecule has 2 N–H and O–H groups in total. The van der Waals surface area contributed by atoms with Gasteiger partial charge in [0.2, 0.25) is 0 Å². The van der Waals surface area contributed by atoms with Gasteiger partial charge in [-0.2, -0.15) is 0 Å². The maximum absolute atomic E-state index is 13.7. The SMILES string of the molecule is CCOc1ccc(C(O)(CC)C(=O)O)c(F)c1. The minimum Gasteiger partial charge on any atom is -0.494 e. The molecule has 0 amide bonds. The van der Waals surface area contributed by atoms with Crippen molar-refractivity contribution in [2.24, 2.45) is 0 Å². The summed E-state index contributed by atoms with van der Waals surface area (Å²) in [5, 5.41) is 18.8. The van der Waals surface area contributed by atoms with Crippen LogP contribution in [0, 0.1) is 5.82 Å². The van der Waals surface area contributed by atoms with E-state index in [0.29, 0.717) is 12.4 Å². The van der Waals surface area contributed by atoms with Gasteiger partial charge in [0.05, 0.1) is 6.61 Å². The first kappa shape index (κ1) is 13.4. The van der Waals surface area contributed by atoms with Crippen LogP contribution in [0.3, 0.4) is 0 Å². The van der Waals surface area contributed by atoms with E-state index in [9.17, 15) is 14.3 Å². The molecule has 94 valence electrons. The first-order valence-corrected chi connectivity index (χ1v) is 5.34. The van der Waals surface area contributed by atoms with E-state index < -0.39 is 17.4 Å². The van der Waals surface area contributed by atoms with Crippen LogP contribution in [0.2, 0.25) is 0 Å². The van der Waals surface area contributed by atoms with Crippen molar-refractivity contribution in [1.82, 2.24) is 0 Å². The number of rotatable bonds is 5. The molecule has 5 heteroatoms. The smallest absolute Gasteiger partial charge is 0.340 e. The lowest BCUT2D eigenvalue weighted by molar-refractivity contribution is -0.160. The maximum Gasteiger partial charge on any atom is 0.340 e. The molecule has 0 radical (unpaired) electrons. The molecule has 1 atom stereocenters. The molecular weight excluding hydrogens is 227 g/mol. The summed E-state index contributed by atoms with van der Waals surface area (Å²) in [5.41, 5.74) is -2.45. The van der Waals surface area contributed by atoms with Gasteiger partial charge in [-0.25, -0.2) is 9.18 Å². The van der Waals surface area contributed by atoms with Gasteiger partial charge in [0, 0.05) is 11.6 Å². The average Bonchev–Trinajstić information content (AvgIpc) is 2.28. The summed E-state index contributed by atoms with van der Waals surface area (Å²) in [5.74, 6) is -1.96. The van der Waals surface area contributed by atoms with Crippen molar-refractivity contribution in [2.45, 2.75) is 25.9 Å². The van der Waals surface area contributed by atoms with Crippen LogP contribution >= 0.6 is 0 Å². The summed E-state index contributed by atoms with van der Waals surface area (Å²) in [4.78, 5) is 11.0. The molecule has 0 aliphatic carbocycles. The predicted octanol–water partition coefficient (Wildman–Crippen LogP) is 1.91. The van der Waals surface area contributed by atoms with Crippen LogP contribution in [0.1, 0.15) is 25.8 Å². The molecule has 1 aromatic carbocycles. The molecule has 0 spiro atoms. The summed E-state index contributed by atoms with van der Waals surface area (Å²) >= 11 is 0. The number of benzene rings is 1. The summed E-state index contributed by atoms with van der Waals surface area (Å²) in [6, 6.07) is 3.74. The fourth-order valence-corrected chi connectivity index (χ4v) is 1.54. The quantitative estimate of drug-likeness (QED) is 0.827. The van der Waals surface area contributed by atoms with Gasteiger partial charge in [-0.1, -0.05) is 6.92 Å². The van der Waals surface area contributed by atoms with Crippen molar-refractivity contribution in [2.75, 3.05) is 6.61 Å². The topological polar surface area (TPSA) is 66.8 Å². The minimum absolute atomic E-state index is 0.118. The van der Waals surface area contributed by atoms with Gasteiger partial charge in [-0.05, 0) is 25.5 Å². The second-order valence-electron chi connectivity index (χ2n) is 3.59. The molecule has 0 saturated heterocycles. The molecule has 0 heterocycles. The number of carbonyl (C=O) groups is 1. The van der Waals surface area contributed by atoms with E-state index in [-0.39, 0.29) is 12.0 Å². The monoisotopic (exact) mass is 242 g/mol. The van der Waals surface area contributed by atoms with Gasteiger partial charge in [0.25, 0.3) is 0 Å². The Morgan fingerprint density at radius 3 is 2.53 bits per heavy atom. The molecular formula is C12H15FO4. The zero-order valence-electron chi connectivity index (χ0n) is 9.74. The number of carboxylic acids is 1. The van der Waals surface area contributed by atoms with E-state index in [0.717, 1.165) is 6.07 Å². The van der Waals surface area contributed by atoms with Gasteiger partial charge in [0.15, 0.2) is 5.60 Å². The van der Waals surface area contributed by atoms with Crippen molar-refractivity contribution in [1.29, 1.82) is 0 Å². The lowest BCUT2D eigenvalue weighted by Gasteiger charge is -2.22. The molecule has 17 heavy (non-hydrogen) atoms. The Morgan fingerprint density at radius 2 is 2.12 bits per heavy atom. The molecule has 0 fully saturated rings. The zero-order chi connectivity index (χ0) is 13.1. The first-order valence-electron chi connectivity index (χ1n) is 5.34. The zero-order valence-corrected chi connectivity index (χ0v) is 9.74. The molecule has 1 aromatic rings. The number of carboxylic acid groups (broad SMARTS) is 1. The highest BCUT2D eigenvalue weighted by atomic mass is 19.1. The van der Waals surface area contributed by atoms with Crippen molar-refractivity contribution in [3.63, 3.8) is 0 Å². The van der Waals surface area contributed by atoms with Crippen molar-refractivity contribution in [3.05, 3.63) is 29.6 Å². The molecule has 1 unspecified atom stereocenters. The van der Waals surface area contributed by atoms with E-state index in [1.807, 2.05) is 0 Å². The Bertz CT molecular complexity index is 419. The Balaban J connectivity index is 3.18. The molecule has 0 aromatic heterocycles. The fraction of sp³-hybridized carbons (Fsp3) is 0.417. The highest BCUT2D eigenvalue weighted by Gasteiger charge is 2.38. The summed E-state index contributed by atoms with van der Waals surface area (Å²) in [6.07, 6.45) is -0.118. The third kappa shape index (κ3) is 2.55. The predicted molar refractivity (Wildman–Crippen MR) is 59.4 cm³/mol. The average molecular weight is 242 g/mol. The summed E-state index contributed by atoms with van der Waals surface area (Å²) in [7, 11) is 0. The second kappa shape index (κ2) is 5.14. The van der Waals surface area contributed by atoms with Crippen LogP contribution in [0.15, 0.2) is 18.2 Å². The van der Waals surface area contributed by atoms with Crippen LogP contribution < -0.4 is 4.74 Å². The van der Waals surface area contributed by atoms with Crippen molar-refractivity contribution in [3.8, 4) is 5.75 Å². The number of aliphatic hydroxyl groups is 1. The van der Waals surface area contributed by atoms with Crippen LogP contribution in [-0.4, -0.2) is 22.8 Å². The lowest BCUT2D eigenvalue weighted by Crippen LogP contribution is -2.35. The number of hydrogen-bond acceptors (Lipinski definition) is 3. The highest BCUT2D eigenvalue weighted by molar-refractivity contribution is 5.79. The van der Waals surface area contributed by atoms with Crippen LogP contribution in [-0.2, 0) is 10.4 Å². The van der Waals surface area contributed by atoms with Gasteiger partial charge >= 0.3 is 5.97 Å². The highest BCUT2D eigenvalue weighted by Crippen LogP contribution is 2.29. The second-order valence-corrected chi connectivity index (χ2v) is 3.59. The van der Waals surface area contributed by atoms with E-state index in [1.165, 1.54) is 19.1 Å². The largest absolute Gasteiger partial charge is 0.494 e. The van der Waals surface area contributed by atoms with Crippen molar-refractivity contribution >= 4 is 5.97 Å². The number of ether oxygens (including phenoxy) is 1. The Labute approximate surface area is 98.7 Å². The van der Waals surface area contributed by atoms with Gasteiger partial charge in [-0.15, -0.1) is 0 Å².